The van der Waals surface area contributed by atoms with Gasteiger partial charge in [-0.3, -0.25) is 4.57 Å². The fourth-order valence-electron chi connectivity index (χ4n) is 1.92. The second kappa shape index (κ2) is 5.85. The second-order valence-electron chi connectivity index (χ2n) is 4.45. The monoisotopic (exact) mass is 321 g/mol. The quantitative estimate of drug-likeness (QED) is 0.714. The summed E-state index contributed by atoms with van der Waals surface area (Å²) in [5, 5.41) is 9.61. The van der Waals surface area contributed by atoms with E-state index in [4.69, 9.17) is 10.5 Å². The third-order valence-corrected chi connectivity index (χ3v) is 3.02. The number of alkyl halides is 2. The lowest BCUT2D eigenvalue weighted by Gasteiger charge is -2.20. The van der Waals surface area contributed by atoms with Gasteiger partial charge < -0.3 is 25.1 Å². The van der Waals surface area contributed by atoms with Crippen LogP contribution in [0.1, 0.15) is 6.23 Å². The number of anilines is 1. The number of nitrogens with zero attached hydrogens (tertiary/aromatic N) is 2. The highest BCUT2D eigenvalue weighted by molar-refractivity contribution is 5.59. The molecule has 0 saturated carbocycles. The third-order valence-electron chi connectivity index (χ3n) is 3.02. The molecule has 0 aliphatic carbocycles. The van der Waals surface area contributed by atoms with Crippen molar-refractivity contribution >= 4 is 12.0 Å². The summed E-state index contributed by atoms with van der Waals surface area (Å²) in [5.41, 5.74) is 4.21. The highest BCUT2D eigenvalue weighted by Gasteiger charge is 2.60. The van der Waals surface area contributed by atoms with Crippen molar-refractivity contribution in [2.45, 2.75) is 24.4 Å². The van der Waals surface area contributed by atoms with Gasteiger partial charge in [0.05, 0.1) is 7.11 Å². The number of aliphatic hydroxyl groups is 1. The first-order chi connectivity index (χ1) is 10.3. The molecule has 3 atom stereocenters. The van der Waals surface area contributed by atoms with Crippen molar-refractivity contribution in [2.75, 3.05) is 19.5 Å². The van der Waals surface area contributed by atoms with Gasteiger partial charge in [0.2, 0.25) is 6.23 Å². The molecule has 9 nitrogen and oxygen atoms in total. The van der Waals surface area contributed by atoms with Crippen LogP contribution in [0.5, 0.6) is 0 Å². The second-order valence-corrected chi connectivity index (χ2v) is 4.45. The molecule has 0 amide bonds. The average Bonchev–Trinajstić information content (AvgIpc) is 2.68. The minimum absolute atomic E-state index is 0.145. The van der Waals surface area contributed by atoms with Crippen molar-refractivity contribution in [3.8, 4) is 0 Å². The van der Waals surface area contributed by atoms with E-state index in [1.807, 2.05) is 0 Å². The van der Waals surface area contributed by atoms with Gasteiger partial charge in [-0.1, -0.05) is 0 Å². The predicted octanol–water partition coefficient (Wildman–Crippen LogP) is -0.498. The van der Waals surface area contributed by atoms with Crippen LogP contribution >= 0.6 is 0 Å². The Kier molecular flexibility index (Phi) is 4.28. The van der Waals surface area contributed by atoms with Gasteiger partial charge in [-0.05, 0) is 6.07 Å². The minimum atomic E-state index is -3.80. The predicted molar refractivity (Wildman–Crippen MR) is 66.1 cm³/mol. The Labute approximate surface area is 122 Å². The van der Waals surface area contributed by atoms with Crippen LogP contribution in [0.4, 0.5) is 19.4 Å². The Hall–Kier alpha value is -2.27. The molecule has 0 unspecified atom stereocenters. The molecule has 1 fully saturated rings. The maximum atomic E-state index is 14.1. The first-order valence-corrected chi connectivity index (χ1v) is 6.04. The largest absolute Gasteiger partial charge is 0.508 e. The van der Waals surface area contributed by atoms with Crippen molar-refractivity contribution in [1.29, 1.82) is 0 Å². The zero-order chi connectivity index (χ0) is 16.5. The van der Waals surface area contributed by atoms with Crippen LogP contribution in [0.3, 0.4) is 0 Å². The Morgan fingerprint density at radius 1 is 1.64 bits per heavy atom. The normalized spacial score (nSPS) is 26.6. The van der Waals surface area contributed by atoms with Gasteiger partial charge in [-0.25, -0.2) is 9.59 Å². The minimum Gasteiger partial charge on any atom is -0.438 e. The Bertz CT molecular complexity index is 622. The molecule has 1 aromatic heterocycles. The van der Waals surface area contributed by atoms with E-state index in [0.717, 1.165) is 19.4 Å². The number of hydrogen-bond donors (Lipinski definition) is 2. The number of methoxy groups -OCH3 is 1. The molecule has 1 aliphatic rings. The van der Waals surface area contributed by atoms with Gasteiger partial charge in [0.15, 0.2) is 6.10 Å². The van der Waals surface area contributed by atoms with Crippen LogP contribution in [-0.2, 0) is 14.2 Å². The van der Waals surface area contributed by atoms with Crippen molar-refractivity contribution in [3.05, 3.63) is 22.7 Å². The summed E-state index contributed by atoms with van der Waals surface area (Å²) >= 11 is 0. The Balaban J connectivity index is 2.22. The number of aliphatic hydroxyl groups excluding tert-OH is 1. The number of rotatable bonds is 3. The van der Waals surface area contributed by atoms with E-state index in [2.05, 4.69) is 14.5 Å². The number of hydrogen-bond acceptors (Lipinski definition) is 8. The molecule has 122 valence electrons. The zero-order valence-electron chi connectivity index (χ0n) is 11.3. The molecule has 0 spiro atoms. The van der Waals surface area contributed by atoms with Gasteiger partial charge in [0, 0.05) is 6.20 Å². The number of nitrogen functional groups attached to an aromatic ring is 1. The third kappa shape index (κ3) is 2.85. The van der Waals surface area contributed by atoms with E-state index >= 15 is 0 Å². The van der Waals surface area contributed by atoms with Gasteiger partial charge >= 0.3 is 17.8 Å². The molecular weight excluding hydrogens is 308 g/mol. The van der Waals surface area contributed by atoms with Gasteiger partial charge in [0.25, 0.3) is 0 Å². The lowest BCUT2D eigenvalue weighted by atomic mass is 10.1. The molecule has 0 aromatic carbocycles. The van der Waals surface area contributed by atoms with E-state index in [-0.39, 0.29) is 5.82 Å². The standard InChI is InChI=1S/C11H13F2N3O6/c1-20-10(19)21-4-5-7(17)11(12,13)8(22-5)16-3-2-6(14)15-9(16)18/h2-3,5,7-8,17H,4H2,1H3,(H2,14,15,18)/t5-,7+,8-/m1/s1. The van der Waals surface area contributed by atoms with Crippen LogP contribution in [0.25, 0.3) is 0 Å². The molecular formula is C11H13F2N3O6. The summed E-state index contributed by atoms with van der Waals surface area (Å²) < 4.78 is 42.2. The van der Waals surface area contributed by atoms with E-state index in [0.29, 0.717) is 4.57 Å². The van der Waals surface area contributed by atoms with Crippen LogP contribution < -0.4 is 11.4 Å². The van der Waals surface area contributed by atoms with Gasteiger partial charge in [-0.2, -0.15) is 13.8 Å². The SMILES string of the molecule is COC(=O)OC[C@H]1O[C@@H](n2ccc(N)nc2=O)C(F)(F)[C@H]1O. The lowest BCUT2D eigenvalue weighted by Crippen LogP contribution is -2.42. The first kappa shape index (κ1) is 16.1. The smallest absolute Gasteiger partial charge is 0.438 e. The summed E-state index contributed by atoms with van der Waals surface area (Å²) in [4.78, 5) is 25.7. The van der Waals surface area contributed by atoms with E-state index in [1.54, 1.807) is 0 Å². The molecule has 11 heteroatoms. The van der Waals surface area contributed by atoms with Crippen LogP contribution in [-0.4, -0.2) is 52.7 Å². The van der Waals surface area contributed by atoms with Crippen molar-refractivity contribution in [1.82, 2.24) is 9.55 Å². The summed E-state index contributed by atoms with van der Waals surface area (Å²) in [6.45, 7) is -0.670. The average molecular weight is 321 g/mol. The highest BCUT2D eigenvalue weighted by atomic mass is 19.3. The lowest BCUT2D eigenvalue weighted by molar-refractivity contribution is -0.141. The van der Waals surface area contributed by atoms with E-state index in [9.17, 15) is 23.5 Å². The molecule has 1 aliphatic heterocycles. The fraction of sp³-hybridized carbons (Fsp3) is 0.545. The summed E-state index contributed by atoms with van der Waals surface area (Å²) in [5.74, 6) is -3.94. The number of carbonyl (C=O) groups is 1. The van der Waals surface area contributed by atoms with Crippen molar-refractivity contribution in [3.63, 3.8) is 0 Å². The van der Waals surface area contributed by atoms with Gasteiger partial charge in [0.1, 0.15) is 18.5 Å². The highest BCUT2D eigenvalue weighted by Crippen LogP contribution is 2.42. The number of carbonyl (C=O) groups excluding carboxylic acids is 1. The molecule has 2 rings (SSSR count). The van der Waals surface area contributed by atoms with Crippen LogP contribution in [0.2, 0.25) is 0 Å². The number of nitrogens with two attached hydrogens (primary N) is 1. The summed E-state index contributed by atoms with van der Waals surface area (Å²) in [6.07, 6.45) is -6.07. The molecule has 0 bridgehead atoms. The number of halogens is 2. The molecule has 0 radical (unpaired) electrons. The maximum Gasteiger partial charge on any atom is 0.508 e. The van der Waals surface area contributed by atoms with Crippen molar-refractivity contribution in [2.24, 2.45) is 0 Å². The van der Waals surface area contributed by atoms with E-state index in [1.165, 1.54) is 0 Å². The van der Waals surface area contributed by atoms with E-state index < -0.39 is 42.8 Å². The first-order valence-electron chi connectivity index (χ1n) is 6.04. The van der Waals surface area contributed by atoms with Crippen LogP contribution in [0.15, 0.2) is 17.1 Å². The zero-order valence-corrected chi connectivity index (χ0v) is 11.3. The van der Waals surface area contributed by atoms with Gasteiger partial charge in [-0.15, -0.1) is 0 Å². The fourth-order valence-corrected chi connectivity index (χ4v) is 1.92. The molecule has 3 N–H and O–H groups in total. The molecule has 22 heavy (non-hydrogen) atoms. The molecule has 2 heterocycles. The number of aromatic nitrogens is 2. The number of ether oxygens (including phenoxy) is 3. The van der Waals surface area contributed by atoms with Crippen LogP contribution in [0, 0.1) is 0 Å². The topological polar surface area (TPSA) is 126 Å². The molecule has 1 saturated heterocycles. The summed E-state index contributed by atoms with van der Waals surface area (Å²) in [7, 11) is 1.03. The Morgan fingerprint density at radius 2 is 2.32 bits per heavy atom. The summed E-state index contributed by atoms with van der Waals surface area (Å²) in [6, 6.07) is 1.13. The molecule has 1 aromatic rings. The maximum absolute atomic E-state index is 14.1. The van der Waals surface area contributed by atoms with Crippen molar-refractivity contribution < 1.29 is 32.9 Å². The Morgan fingerprint density at radius 3 is 2.91 bits per heavy atom.